The van der Waals surface area contributed by atoms with E-state index in [2.05, 4.69) is 51.2 Å². The molecule has 0 fully saturated rings. The van der Waals surface area contributed by atoms with E-state index >= 15 is 0 Å². The molecule has 0 unspecified atom stereocenters. The molecule has 0 bridgehead atoms. The van der Waals surface area contributed by atoms with Crippen LogP contribution in [0.2, 0.25) is 0 Å². The van der Waals surface area contributed by atoms with Gasteiger partial charge in [0.15, 0.2) is 11.5 Å². The molecule has 11 nitrogen and oxygen atoms in total. The van der Waals surface area contributed by atoms with Crippen LogP contribution >= 0.6 is 0 Å². The molecule has 1 aliphatic rings. The van der Waals surface area contributed by atoms with Crippen molar-refractivity contribution in [1.29, 1.82) is 0 Å². The van der Waals surface area contributed by atoms with Crippen molar-refractivity contribution >= 4 is 17.6 Å². The molecular formula is C30H35N9O2. The minimum atomic E-state index is -0.218. The Hall–Kier alpha value is -4.67. The number of anilines is 1. The third-order valence-corrected chi connectivity index (χ3v) is 7.13. The van der Waals surface area contributed by atoms with E-state index < -0.39 is 0 Å². The predicted octanol–water partition coefficient (Wildman–Crippen LogP) is 3.77. The molecule has 1 N–H and O–H groups in total. The number of aryl methyl sites for hydroxylation is 1. The number of carbonyl (C=O) groups is 2. The zero-order valence-corrected chi connectivity index (χ0v) is 24.3. The summed E-state index contributed by atoms with van der Waals surface area (Å²) < 4.78 is 1.98. The van der Waals surface area contributed by atoms with E-state index in [1.54, 1.807) is 32.6 Å². The Labute approximate surface area is 239 Å². The van der Waals surface area contributed by atoms with Gasteiger partial charge in [0.25, 0.3) is 11.8 Å². The molecule has 1 atom stereocenters. The average molecular weight is 554 g/mol. The van der Waals surface area contributed by atoms with Gasteiger partial charge >= 0.3 is 0 Å². The van der Waals surface area contributed by atoms with Crippen molar-refractivity contribution in [1.82, 2.24) is 40.2 Å². The summed E-state index contributed by atoms with van der Waals surface area (Å²) >= 11 is 0. The van der Waals surface area contributed by atoms with Crippen LogP contribution in [-0.4, -0.2) is 67.3 Å². The first-order chi connectivity index (χ1) is 19.6. The minimum Gasteiger partial charge on any atom is -0.351 e. The highest BCUT2D eigenvalue weighted by molar-refractivity contribution is 5.94. The zero-order chi connectivity index (χ0) is 29.3. The first kappa shape index (κ1) is 27.9. The fourth-order valence-electron chi connectivity index (χ4n) is 5.04. The Morgan fingerprint density at radius 1 is 1.05 bits per heavy atom. The summed E-state index contributed by atoms with van der Waals surface area (Å²) in [7, 11) is 3.44. The fraction of sp³-hybridized carbons (Fsp3) is 0.367. The molecule has 0 aliphatic carbocycles. The predicted molar refractivity (Wildman–Crippen MR) is 156 cm³/mol. The number of pyridine rings is 1. The Kier molecular flexibility index (Phi) is 7.78. The molecule has 41 heavy (non-hydrogen) atoms. The molecule has 0 radical (unpaired) electrons. The second kappa shape index (κ2) is 11.4. The summed E-state index contributed by atoms with van der Waals surface area (Å²) in [6.07, 6.45) is 3.29. The van der Waals surface area contributed by atoms with Gasteiger partial charge in [-0.2, -0.15) is 10.2 Å². The number of carbonyl (C=O) groups excluding carboxylic acids is 2. The number of fused-ring (bicyclic) bond motifs is 1. The van der Waals surface area contributed by atoms with Crippen LogP contribution in [-0.2, 0) is 13.1 Å². The van der Waals surface area contributed by atoms with Crippen LogP contribution in [0.15, 0.2) is 48.8 Å². The van der Waals surface area contributed by atoms with Gasteiger partial charge in [-0.05, 0) is 38.5 Å². The summed E-state index contributed by atoms with van der Waals surface area (Å²) in [4.78, 5) is 38.4. The van der Waals surface area contributed by atoms with Gasteiger partial charge < -0.3 is 15.1 Å². The van der Waals surface area contributed by atoms with Gasteiger partial charge in [0.05, 0.1) is 17.5 Å². The van der Waals surface area contributed by atoms with Crippen LogP contribution in [0.4, 0.5) is 5.82 Å². The van der Waals surface area contributed by atoms with Gasteiger partial charge in [-0.15, -0.1) is 5.10 Å². The van der Waals surface area contributed by atoms with Crippen LogP contribution < -0.4 is 10.2 Å². The van der Waals surface area contributed by atoms with Crippen molar-refractivity contribution in [2.45, 2.75) is 52.7 Å². The molecule has 4 heterocycles. The Morgan fingerprint density at radius 2 is 1.80 bits per heavy atom. The molecule has 0 spiro atoms. The van der Waals surface area contributed by atoms with E-state index in [1.807, 2.05) is 41.9 Å². The van der Waals surface area contributed by atoms with E-state index in [-0.39, 0.29) is 23.8 Å². The van der Waals surface area contributed by atoms with Crippen LogP contribution in [0.3, 0.4) is 0 Å². The average Bonchev–Trinajstić information content (AvgIpc) is 3.37. The van der Waals surface area contributed by atoms with Crippen molar-refractivity contribution in [2.75, 3.05) is 25.5 Å². The summed E-state index contributed by atoms with van der Waals surface area (Å²) in [6.45, 7) is 9.73. The standard InChI is InChI=1S/C30H35N9O2/c1-18(2)39-27-19(3)16-38(25-12-11-23(15-31-25)30(41)37(5)6)17-24(27)26(36-39)29(40)33-14-21-7-9-22(10-8-21)28-32-13-20(4)34-35-28/h7-13,15,18-19H,14,16-17H2,1-6H3,(H,33,40)/t19-/m0/s1. The summed E-state index contributed by atoms with van der Waals surface area (Å²) in [5.74, 6) is 1.14. The Balaban J connectivity index is 1.34. The molecule has 11 heteroatoms. The number of nitrogens with one attached hydrogen (secondary N) is 1. The lowest BCUT2D eigenvalue weighted by molar-refractivity contribution is 0.0826. The van der Waals surface area contributed by atoms with Crippen LogP contribution in [0, 0.1) is 6.92 Å². The number of nitrogens with zero attached hydrogens (tertiary/aromatic N) is 8. The molecule has 3 aromatic heterocycles. The van der Waals surface area contributed by atoms with E-state index in [9.17, 15) is 9.59 Å². The van der Waals surface area contributed by atoms with Gasteiger partial charge in [0, 0.05) is 68.7 Å². The lowest BCUT2D eigenvalue weighted by atomic mass is 9.95. The first-order valence-corrected chi connectivity index (χ1v) is 13.7. The third kappa shape index (κ3) is 5.79. The van der Waals surface area contributed by atoms with Gasteiger partial charge in [-0.1, -0.05) is 31.2 Å². The largest absolute Gasteiger partial charge is 0.351 e. The first-order valence-electron chi connectivity index (χ1n) is 13.7. The number of rotatable bonds is 7. The number of benzene rings is 1. The molecule has 1 aromatic carbocycles. The Bertz CT molecular complexity index is 1540. The van der Waals surface area contributed by atoms with Crippen LogP contribution in [0.5, 0.6) is 0 Å². The van der Waals surface area contributed by atoms with Gasteiger partial charge in [0.2, 0.25) is 0 Å². The van der Waals surface area contributed by atoms with Crippen molar-refractivity contribution in [2.24, 2.45) is 0 Å². The highest BCUT2D eigenvalue weighted by atomic mass is 16.2. The van der Waals surface area contributed by atoms with Crippen LogP contribution in [0.25, 0.3) is 11.4 Å². The van der Waals surface area contributed by atoms with Gasteiger partial charge in [0.1, 0.15) is 5.82 Å². The maximum absolute atomic E-state index is 13.5. The van der Waals surface area contributed by atoms with Gasteiger partial charge in [-0.3, -0.25) is 14.3 Å². The highest BCUT2D eigenvalue weighted by Gasteiger charge is 2.33. The van der Waals surface area contributed by atoms with Gasteiger partial charge in [-0.25, -0.2) is 9.97 Å². The minimum absolute atomic E-state index is 0.0920. The third-order valence-electron chi connectivity index (χ3n) is 7.13. The van der Waals surface area contributed by atoms with Crippen molar-refractivity contribution < 1.29 is 9.59 Å². The monoisotopic (exact) mass is 553 g/mol. The summed E-state index contributed by atoms with van der Waals surface area (Å²) in [5.41, 5.74) is 5.53. The molecule has 1 aliphatic heterocycles. The lowest BCUT2D eigenvalue weighted by Crippen LogP contribution is -2.35. The normalized spacial score (nSPS) is 14.6. The van der Waals surface area contributed by atoms with Crippen molar-refractivity contribution in [3.8, 4) is 11.4 Å². The van der Waals surface area contributed by atoms with E-state index in [0.717, 1.165) is 40.4 Å². The molecule has 212 valence electrons. The molecule has 5 rings (SSSR count). The topological polar surface area (TPSA) is 122 Å². The van der Waals surface area contributed by atoms with Crippen molar-refractivity contribution in [3.63, 3.8) is 0 Å². The lowest BCUT2D eigenvalue weighted by Gasteiger charge is -2.33. The molecule has 2 amide bonds. The molecular weight excluding hydrogens is 518 g/mol. The van der Waals surface area contributed by atoms with Crippen LogP contribution in [0.1, 0.15) is 76.1 Å². The second-order valence-electron chi connectivity index (χ2n) is 10.9. The zero-order valence-electron chi connectivity index (χ0n) is 24.3. The SMILES string of the molecule is Cc1cnc(-c2ccc(CNC(=O)c3nn(C(C)C)c4c3CN(c3ccc(C(=O)N(C)C)cn3)C[C@@H]4C)cc2)nn1. The van der Waals surface area contributed by atoms with Crippen molar-refractivity contribution in [3.05, 3.63) is 82.6 Å². The number of hydrogen-bond acceptors (Lipinski definition) is 8. The summed E-state index contributed by atoms with van der Waals surface area (Å²) in [5, 5.41) is 16.0. The number of amides is 2. The maximum Gasteiger partial charge on any atom is 0.272 e. The maximum atomic E-state index is 13.5. The second-order valence-corrected chi connectivity index (χ2v) is 10.9. The molecule has 4 aromatic rings. The molecule has 0 saturated heterocycles. The quantitative estimate of drug-likeness (QED) is 0.367. The molecule has 0 saturated carbocycles. The summed E-state index contributed by atoms with van der Waals surface area (Å²) in [6, 6.07) is 11.5. The number of hydrogen-bond donors (Lipinski definition) is 1. The number of aromatic nitrogens is 6. The Morgan fingerprint density at radius 3 is 2.41 bits per heavy atom. The van der Waals surface area contributed by atoms with E-state index in [4.69, 9.17) is 5.10 Å². The van der Waals surface area contributed by atoms with E-state index in [1.165, 1.54) is 4.90 Å². The van der Waals surface area contributed by atoms with E-state index in [0.29, 0.717) is 30.2 Å². The smallest absolute Gasteiger partial charge is 0.272 e. The highest BCUT2D eigenvalue weighted by Crippen LogP contribution is 2.34. The fourth-order valence-corrected chi connectivity index (χ4v) is 5.04.